The number of methoxy groups -OCH3 is 1. The minimum atomic E-state index is 0. The highest BCUT2D eigenvalue weighted by atomic mass is 127. The second-order valence-electron chi connectivity index (χ2n) is 6.13. The van der Waals surface area contributed by atoms with E-state index in [9.17, 15) is 0 Å². The standard InChI is InChI=1S/C17H30BrN7O.HI/c1-5-19-16(20-7-8-23(3)6-2)24-9-11-25(12-10-24)17-21-13-14(18)15(22-17)26-4;/h13H,5-12H2,1-4H3,(H,19,20);1H. The van der Waals surface area contributed by atoms with Crippen LogP contribution in [-0.4, -0.2) is 92.2 Å². The fourth-order valence-corrected chi connectivity index (χ4v) is 3.02. The summed E-state index contributed by atoms with van der Waals surface area (Å²) in [6, 6.07) is 0. The molecular weight excluding hydrogens is 525 g/mol. The first-order valence-electron chi connectivity index (χ1n) is 9.12. The number of piperazine rings is 1. The van der Waals surface area contributed by atoms with Crippen LogP contribution in [0.4, 0.5) is 5.95 Å². The molecule has 0 bridgehead atoms. The van der Waals surface area contributed by atoms with Crippen LogP contribution in [0, 0.1) is 0 Å². The highest BCUT2D eigenvalue weighted by molar-refractivity contribution is 14.0. The zero-order valence-electron chi connectivity index (χ0n) is 16.6. The molecule has 0 atom stereocenters. The summed E-state index contributed by atoms with van der Waals surface area (Å²) in [6.45, 7) is 11.4. The Morgan fingerprint density at radius 1 is 1.33 bits per heavy atom. The lowest BCUT2D eigenvalue weighted by Gasteiger charge is -2.36. The summed E-state index contributed by atoms with van der Waals surface area (Å²) in [4.78, 5) is 20.4. The number of hydrogen-bond donors (Lipinski definition) is 1. The minimum absolute atomic E-state index is 0. The van der Waals surface area contributed by atoms with E-state index in [1.807, 2.05) is 0 Å². The molecule has 2 rings (SSSR count). The van der Waals surface area contributed by atoms with Gasteiger partial charge in [0.1, 0.15) is 0 Å². The van der Waals surface area contributed by atoms with Gasteiger partial charge in [-0.2, -0.15) is 4.98 Å². The molecule has 8 nitrogen and oxygen atoms in total. The molecule has 1 fully saturated rings. The van der Waals surface area contributed by atoms with Gasteiger partial charge in [-0.15, -0.1) is 24.0 Å². The number of nitrogens with zero attached hydrogens (tertiary/aromatic N) is 6. The molecule has 27 heavy (non-hydrogen) atoms. The Morgan fingerprint density at radius 2 is 2.04 bits per heavy atom. The maximum absolute atomic E-state index is 5.27. The van der Waals surface area contributed by atoms with Crippen LogP contribution in [0.1, 0.15) is 13.8 Å². The van der Waals surface area contributed by atoms with Crippen LogP contribution < -0.4 is 15.0 Å². The van der Waals surface area contributed by atoms with Crippen molar-refractivity contribution in [1.82, 2.24) is 25.1 Å². The van der Waals surface area contributed by atoms with E-state index in [2.05, 4.69) is 66.8 Å². The van der Waals surface area contributed by atoms with Crippen molar-refractivity contribution in [1.29, 1.82) is 0 Å². The summed E-state index contributed by atoms with van der Waals surface area (Å²) in [6.07, 6.45) is 1.74. The Kier molecular flexibility index (Phi) is 11.2. The Bertz CT molecular complexity index is 597. The number of aliphatic imine (C=N–C) groups is 1. The minimum Gasteiger partial charge on any atom is -0.480 e. The van der Waals surface area contributed by atoms with Crippen molar-refractivity contribution in [2.75, 3.05) is 71.4 Å². The number of hydrogen-bond acceptors (Lipinski definition) is 6. The molecule has 0 saturated carbocycles. The molecular formula is C17H31BrIN7O. The van der Waals surface area contributed by atoms with Gasteiger partial charge < -0.3 is 24.8 Å². The number of ether oxygens (including phenoxy) is 1. The molecule has 1 aliphatic rings. The predicted octanol–water partition coefficient (Wildman–Crippen LogP) is 1.90. The summed E-state index contributed by atoms with van der Waals surface area (Å²) >= 11 is 3.40. The Morgan fingerprint density at radius 3 is 2.63 bits per heavy atom. The summed E-state index contributed by atoms with van der Waals surface area (Å²) in [7, 11) is 3.73. The average molecular weight is 556 g/mol. The van der Waals surface area contributed by atoms with Crippen LogP contribution in [0.2, 0.25) is 0 Å². The lowest BCUT2D eigenvalue weighted by molar-refractivity contribution is 0.353. The molecule has 0 spiro atoms. The van der Waals surface area contributed by atoms with E-state index in [4.69, 9.17) is 9.73 Å². The first kappa shape index (κ1) is 24.2. The first-order valence-corrected chi connectivity index (χ1v) is 9.91. The van der Waals surface area contributed by atoms with Crippen LogP contribution >= 0.6 is 39.9 Å². The fourth-order valence-electron chi connectivity index (χ4n) is 2.67. The van der Waals surface area contributed by atoms with Crippen molar-refractivity contribution >= 4 is 51.8 Å². The van der Waals surface area contributed by atoms with E-state index in [1.54, 1.807) is 13.3 Å². The molecule has 1 aromatic heterocycles. The number of rotatable bonds is 7. The summed E-state index contributed by atoms with van der Waals surface area (Å²) in [5.74, 6) is 2.26. The van der Waals surface area contributed by atoms with Gasteiger partial charge in [0.05, 0.1) is 24.3 Å². The van der Waals surface area contributed by atoms with Gasteiger partial charge in [-0.1, -0.05) is 6.92 Å². The fraction of sp³-hybridized carbons (Fsp3) is 0.706. The van der Waals surface area contributed by atoms with Crippen molar-refractivity contribution in [2.45, 2.75) is 13.8 Å². The molecule has 1 aromatic rings. The molecule has 0 radical (unpaired) electrons. The van der Waals surface area contributed by atoms with Gasteiger partial charge in [-0.3, -0.25) is 4.99 Å². The number of guanidine groups is 1. The van der Waals surface area contributed by atoms with Crippen molar-refractivity contribution in [3.05, 3.63) is 10.7 Å². The third-order valence-electron chi connectivity index (χ3n) is 4.37. The van der Waals surface area contributed by atoms with Gasteiger partial charge >= 0.3 is 0 Å². The maximum atomic E-state index is 5.27. The lowest BCUT2D eigenvalue weighted by Crippen LogP contribution is -2.53. The SMILES string of the molecule is CCNC(=NCCN(C)CC)N1CCN(c2ncc(Br)c(OC)n2)CC1.I. The van der Waals surface area contributed by atoms with E-state index in [0.29, 0.717) is 11.8 Å². The molecule has 154 valence electrons. The van der Waals surface area contributed by atoms with Gasteiger partial charge in [0.2, 0.25) is 11.8 Å². The van der Waals surface area contributed by atoms with Gasteiger partial charge in [-0.05, 0) is 36.4 Å². The molecule has 1 aliphatic heterocycles. The summed E-state index contributed by atoms with van der Waals surface area (Å²) < 4.78 is 6.04. The molecule has 1 N–H and O–H groups in total. The maximum Gasteiger partial charge on any atom is 0.232 e. The second-order valence-corrected chi connectivity index (χ2v) is 6.99. The van der Waals surface area contributed by atoms with Crippen LogP contribution in [-0.2, 0) is 0 Å². The number of nitrogens with one attached hydrogen (secondary N) is 1. The van der Waals surface area contributed by atoms with Gasteiger partial charge in [0.25, 0.3) is 0 Å². The second kappa shape index (κ2) is 12.6. The van der Waals surface area contributed by atoms with Gasteiger partial charge in [0.15, 0.2) is 5.96 Å². The normalized spacial score (nSPS) is 15.0. The third-order valence-corrected chi connectivity index (χ3v) is 4.92. The van der Waals surface area contributed by atoms with Crippen LogP contribution in [0.15, 0.2) is 15.7 Å². The molecule has 0 aliphatic carbocycles. The van der Waals surface area contributed by atoms with Crippen LogP contribution in [0.3, 0.4) is 0 Å². The Labute approximate surface area is 187 Å². The van der Waals surface area contributed by atoms with Crippen LogP contribution in [0.25, 0.3) is 0 Å². The molecule has 10 heteroatoms. The number of aromatic nitrogens is 2. The van der Waals surface area contributed by atoms with Gasteiger partial charge in [0, 0.05) is 39.3 Å². The largest absolute Gasteiger partial charge is 0.480 e. The smallest absolute Gasteiger partial charge is 0.232 e. The highest BCUT2D eigenvalue weighted by Gasteiger charge is 2.22. The highest BCUT2D eigenvalue weighted by Crippen LogP contribution is 2.23. The molecule has 1 saturated heterocycles. The van der Waals surface area contributed by atoms with E-state index >= 15 is 0 Å². The zero-order valence-corrected chi connectivity index (χ0v) is 20.5. The van der Waals surface area contributed by atoms with E-state index in [0.717, 1.165) is 62.8 Å². The summed E-state index contributed by atoms with van der Waals surface area (Å²) in [5.41, 5.74) is 0. The van der Waals surface area contributed by atoms with Crippen LogP contribution in [0.5, 0.6) is 5.88 Å². The molecule has 0 amide bonds. The quantitative estimate of drug-likeness (QED) is 0.313. The van der Waals surface area contributed by atoms with Crippen molar-refractivity contribution < 1.29 is 4.74 Å². The van der Waals surface area contributed by atoms with Gasteiger partial charge in [-0.25, -0.2) is 4.98 Å². The molecule has 0 unspecified atom stereocenters. The Balaban J connectivity index is 0.00000364. The van der Waals surface area contributed by atoms with E-state index in [1.165, 1.54) is 0 Å². The average Bonchev–Trinajstić information content (AvgIpc) is 2.67. The number of likely N-dealkylation sites (N-methyl/N-ethyl adjacent to an activating group) is 1. The zero-order chi connectivity index (χ0) is 18.9. The third kappa shape index (κ3) is 7.22. The molecule has 0 aromatic carbocycles. The first-order chi connectivity index (χ1) is 12.6. The summed E-state index contributed by atoms with van der Waals surface area (Å²) in [5, 5.41) is 3.41. The number of halogens is 2. The van der Waals surface area contributed by atoms with E-state index in [-0.39, 0.29) is 24.0 Å². The predicted molar refractivity (Wildman–Crippen MR) is 125 cm³/mol. The van der Waals surface area contributed by atoms with Crippen molar-refractivity contribution in [3.63, 3.8) is 0 Å². The molecule has 2 heterocycles. The van der Waals surface area contributed by atoms with Crippen molar-refractivity contribution in [2.24, 2.45) is 4.99 Å². The topological polar surface area (TPSA) is 69.1 Å². The lowest BCUT2D eigenvalue weighted by atomic mass is 10.3. The Hall–Kier alpha value is -0.880. The van der Waals surface area contributed by atoms with Crippen molar-refractivity contribution in [3.8, 4) is 5.88 Å². The number of anilines is 1. The van der Waals surface area contributed by atoms with E-state index < -0.39 is 0 Å². The monoisotopic (exact) mass is 555 g/mol.